The lowest BCUT2D eigenvalue weighted by atomic mass is 9.67. The van der Waals surface area contributed by atoms with Gasteiger partial charge in [0.05, 0.1) is 83.9 Å². The van der Waals surface area contributed by atoms with Crippen LogP contribution in [0.3, 0.4) is 0 Å². The number of aromatic carboxylic acids is 2. The molecule has 0 bridgehead atoms. The molecule has 0 amide bonds. The molecule has 0 saturated heterocycles. The highest BCUT2D eigenvalue weighted by atomic mass is 19.1. The van der Waals surface area contributed by atoms with E-state index in [9.17, 15) is 19.8 Å². The normalized spacial score (nSPS) is 18.6. The number of carbonyl (C=O) groups is 2. The first-order chi connectivity index (χ1) is 24.3. The first-order valence-electron chi connectivity index (χ1n) is 16.1. The van der Waals surface area contributed by atoms with Crippen LogP contribution >= 0.6 is 0 Å². The van der Waals surface area contributed by atoms with Crippen LogP contribution in [-0.4, -0.2) is 22.2 Å². The van der Waals surface area contributed by atoms with Crippen LogP contribution in [0.4, 0.5) is 20.2 Å². The Labute approximate surface area is 287 Å². The molecule has 2 N–H and O–H groups in total. The number of allylic oxidation sites excluding steroid dienone is 10. The Balaban J connectivity index is 1.29. The highest BCUT2D eigenvalue weighted by molar-refractivity contribution is 5.88. The lowest BCUT2D eigenvalue weighted by Crippen LogP contribution is -2.36. The van der Waals surface area contributed by atoms with Crippen LogP contribution in [0.15, 0.2) is 156 Å². The Morgan fingerprint density at radius 1 is 0.560 bits per heavy atom. The maximum atomic E-state index is 15.3. The van der Waals surface area contributed by atoms with E-state index in [0.717, 1.165) is 45.0 Å². The van der Waals surface area contributed by atoms with Crippen molar-refractivity contribution in [2.75, 3.05) is 9.80 Å². The molecule has 0 fully saturated rings. The number of carboxylic acids is 2. The number of hydrogen-bond acceptors (Lipinski definition) is 4. The van der Waals surface area contributed by atoms with E-state index >= 15 is 8.78 Å². The summed E-state index contributed by atoms with van der Waals surface area (Å²) in [5.74, 6) is -3.99. The molecule has 4 aliphatic rings. The first kappa shape index (κ1) is 30.8. The molecular weight excluding hydrogens is 634 g/mol. The molecule has 0 radical (unpaired) electrons. The summed E-state index contributed by atoms with van der Waals surface area (Å²) in [7, 11) is 0. The van der Waals surface area contributed by atoms with Gasteiger partial charge in [0.15, 0.2) is 22.5 Å². The highest BCUT2D eigenvalue weighted by Crippen LogP contribution is 2.57. The van der Waals surface area contributed by atoms with Crippen LogP contribution in [0.1, 0.15) is 54.8 Å². The van der Waals surface area contributed by atoms with Gasteiger partial charge in [0.1, 0.15) is 0 Å². The number of carboxylic acid groups (broad SMARTS) is 2. The van der Waals surface area contributed by atoms with E-state index < -0.39 is 35.4 Å². The summed E-state index contributed by atoms with van der Waals surface area (Å²) < 4.78 is 30.6. The van der Waals surface area contributed by atoms with Crippen LogP contribution < -0.4 is 9.80 Å². The van der Waals surface area contributed by atoms with Gasteiger partial charge in [-0.05, 0) is 58.7 Å². The van der Waals surface area contributed by atoms with Crippen molar-refractivity contribution < 1.29 is 28.6 Å². The molecule has 2 aliphatic carbocycles. The Bertz CT molecular complexity index is 2100. The van der Waals surface area contributed by atoms with Gasteiger partial charge in [-0.2, -0.15) is 8.78 Å². The summed E-state index contributed by atoms with van der Waals surface area (Å²) in [6, 6.07) is 29.2. The van der Waals surface area contributed by atoms with E-state index in [1.807, 2.05) is 48.5 Å². The van der Waals surface area contributed by atoms with E-state index in [1.165, 1.54) is 12.2 Å². The van der Waals surface area contributed by atoms with E-state index in [4.69, 9.17) is 0 Å². The second-order valence-corrected chi connectivity index (χ2v) is 12.5. The summed E-state index contributed by atoms with van der Waals surface area (Å²) in [6.45, 7) is 0.784. The van der Waals surface area contributed by atoms with Crippen molar-refractivity contribution >= 4 is 23.3 Å². The SMILES string of the molecule is O=C(O)c1ccc(CN2C3=C([C+]=C(F)C=C3)C(C3C4=C(C=CC(F)=[C+]4)N(Cc4ccc(C(=O)O)cc4)c4ccccc43)c3ccccc32)cc1. The Morgan fingerprint density at radius 2 is 0.940 bits per heavy atom. The molecule has 8 rings (SSSR count). The van der Waals surface area contributed by atoms with Crippen LogP contribution in [0.25, 0.3) is 0 Å². The summed E-state index contributed by atoms with van der Waals surface area (Å²) in [4.78, 5) is 27.2. The lowest BCUT2D eigenvalue weighted by molar-refractivity contribution is 0.0686. The van der Waals surface area contributed by atoms with E-state index in [-0.39, 0.29) is 11.1 Å². The minimum absolute atomic E-state index is 0.188. The van der Waals surface area contributed by atoms with Gasteiger partial charge >= 0.3 is 11.9 Å². The van der Waals surface area contributed by atoms with E-state index in [1.54, 1.807) is 60.7 Å². The summed E-state index contributed by atoms with van der Waals surface area (Å²) >= 11 is 0. The molecule has 0 aromatic heterocycles. The summed E-state index contributed by atoms with van der Waals surface area (Å²) in [5, 5.41) is 18.8. The van der Waals surface area contributed by atoms with Crippen LogP contribution in [0.5, 0.6) is 0 Å². The van der Waals surface area contributed by atoms with Crippen LogP contribution in [0.2, 0.25) is 0 Å². The van der Waals surface area contributed by atoms with Crippen molar-refractivity contribution in [3.8, 4) is 0 Å². The number of anilines is 2. The van der Waals surface area contributed by atoms with Crippen molar-refractivity contribution in [2.24, 2.45) is 0 Å². The molecule has 2 atom stereocenters. The first-order valence-corrected chi connectivity index (χ1v) is 16.1. The van der Waals surface area contributed by atoms with Gasteiger partial charge in [0.2, 0.25) is 0 Å². The summed E-state index contributed by atoms with van der Waals surface area (Å²) in [6.07, 6.45) is 12.3. The molecule has 0 saturated carbocycles. The van der Waals surface area contributed by atoms with Crippen molar-refractivity contribution in [3.63, 3.8) is 0 Å². The number of para-hydroxylation sites is 2. The second-order valence-electron chi connectivity index (χ2n) is 12.5. The standard InChI is InChI=1S/C42H26F2N2O4/c43-29-17-19-37-33(21-29)39(31-5-1-3-7-35(31)45(37)23-25-9-13-27(14-10-25)41(47)48)40-32-6-2-4-8-36(32)46(38-20-18-30(44)22-34(38)40)24-26-11-15-28(16-12-26)42(49)50/h1-20,39-40H,23-24H2/p+2. The van der Waals surface area contributed by atoms with Gasteiger partial charge in [-0.3, -0.25) is 9.80 Å². The molecule has 242 valence electrons. The molecule has 4 aromatic carbocycles. The molecule has 8 heteroatoms. The predicted octanol–water partition coefficient (Wildman–Crippen LogP) is 8.95. The fourth-order valence-corrected chi connectivity index (χ4v) is 7.36. The smallest absolute Gasteiger partial charge is 0.335 e. The van der Waals surface area contributed by atoms with Gasteiger partial charge in [0, 0.05) is 0 Å². The van der Waals surface area contributed by atoms with Crippen molar-refractivity contribution in [1.29, 1.82) is 0 Å². The molecule has 6 nitrogen and oxygen atoms in total. The molecule has 4 aromatic rings. The lowest BCUT2D eigenvalue weighted by Gasteiger charge is -2.40. The Hall–Kier alpha value is -6.46. The van der Waals surface area contributed by atoms with Gasteiger partial charge in [-0.25, -0.2) is 9.59 Å². The quantitative estimate of drug-likeness (QED) is 0.192. The predicted molar refractivity (Wildman–Crippen MR) is 186 cm³/mol. The van der Waals surface area contributed by atoms with Crippen molar-refractivity contribution in [3.05, 3.63) is 201 Å². The minimum Gasteiger partial charge on any atom is -0.478 e. The van der Waals surface area contributed by atoms with Gasteiger partial charge in [-0.15, -0.1) is 0 Å². The topological polar surface area (TPSA) is 81.1 Å². The average molecular weight is 663 g/mol. The van der Waals surface area contributed by atoms with Gasteiger partial charge < -0.3 is 10.2 Å². The maximum absolute atomic E-state index is 15.3. The third kappa shape index (κ3) is 5.30. The monoisotopic (exact) mass is 662 g/mol. The number of fused-ring (bicyclic) bond motifs is 2. The number of halogens is 2. The highest BCUT2D eigenvalue weighted by Gasteiger charge is 2.50. The number of benzene rings is 4. The molecule has 2 aliphatic heterocycles. The Kier molecular flexibility index (Phi) is 7.53. The summed E-state index contributed by atoms with van der Waals surface area (Å²) in [5.41, 5.74) is 8.44. The van der Waals surface area contributed by atoms with E-state index in [0.29, 0.717) is 24.2 Å². The zero-order valence-electron chi connectivity index (χ0n) is 26.5. The van der Waals surface area contributed by atoms with Crippen LogP contribution in [0, 0.1) is 12.2 Å². The zero-order valence-corrected chi connectivity index (χ0v) is 26.5. The second kappa shape index (κ2) is 12.2. The molecular formula is C42H28F2N2O4+2. The minimum atomic E-state index is -1.01. The number of rotatable bonds is 7. The molecule has 50 heavy (non-hydrogen) atoms. The third-order valence-corrected chi connectivity index (χ3v) is 9.58. The fourth-order valence-electron chi connectivity index (χ4n) is 7.36. The maximum Gasteiger partial charge on any atom is 0.335 e. The zero-order chi connectivity index (χ0) is 34.5. The fraction of sp³-hybridized carbons (Fsp3) is 0.0952. The van der Waals surface area contributed by atoms with Crippen LogP contribution in [-0.2, 0) is 13.1 Å². The van der Waals surface area contributed by atoms with Gasteiger partial charge in [-0.1, -0.05) is 60.7 Å². The molecule has 2 unspecified atom stereocenters. The molecule has 0 spiro atoms. The Morgan fingerprint density at radius 3 is 1.32 bits per heavy atom. The average Bonchev–Trinajstić information content (AvgIpc) is 3.12. The van der Waals surface area contributed by atoms with Crippen molar-refractivity contribution in [1.82, 2.24) is 0 Å². The largest absolute Gasteiger partial charge is 0.478 e. The third-order valence-electron chi connectivity index (χ3n) is 9.58. The van der Waals surface area contributed by atoms with Gasteiger partial charge in [0.25, 0.3) is 11.7 Å². The van der Waals surface area contributed by atoms with Crippen molar-refractivity contribution in [2.45, 2.75) is 24.9 Å². The number of nitrogens with zero attached hydrogens (tertiary/aromatic N) is 2. The van der Waals surface area contributed by atoms with E-state index in [2.05, 4.69) is 22.0 Å². The molecule has 2 heterocycles. The number of hydrogen-bond donors (Lipinski definition) is 2.